The number of nitrogens with one attached hydrogen (secondary N) is 1. The van der Waals surface area contributed by atoms with Gasteiger partial charge in [-0.1, -0.05) is 26.0 Å². The SMILES string of the molecule is CNC(CCC(C)C)c1ccc(OC)cc1. The highest BCUT2D eigenvalue weighted by Crippen LogP contribution is 2.22. The first-order valence-electron chi connectivity index (χ1n) is 5.98. The fraction of sp³-hybridized carbons (Fsp3) is 0.571. The highest BCUT2D eigenvalue weighted by molar-refractivity contribution is 5.29. The predicted molar refractivity (Wildman–Crippen MR) is 68.9 cm³/mol. The average Bonchev–Trinajstić information content (AvgIpc) is 2.30. The summed E-state index contributed by atoms with van der Waals surface area (Å²) in [4.78, 5) is 0. The maximum atomic E-state index is 5.16. The van der Waals surface area contributed by atoms with Crippen molar-refractivity contribution in [2.75, 3.05) is 14.2 Å². The van der Waals surface area contributed by atoms with Crippen LogP contribution in [0.15, 0.2) is 24.3 Å². The van der Waals surface area contributed by atoms with Crippen molar-refractivity contribution in [2.24, 2.45) is 5.92 Å². The normalized spacial score (nSPS) is 12.8. The molecule has 1 rings (SSSR count). The Morgan fingerprint density at radius 1 is 1.12 bits per heavy atom. The van der Waals surface area contributed by atoms with Crippen LogP contribution >= 0.6 is 0 Å². The van der Waals surface area contributed by atoms with Crippen molar-refractivity contribution < 1.29 is 4.74 Å². The molecule has 1 N–H and O–H groups in total. The number of hydrogen-bond acceptors (Lipinski definition) is 2. The van der Waals surface area contributed by atoms with E-state index in [1.54, 1.807) is 7.11 Å². The molecule has 2 nitrogen and oxygen atoms in total. The zero-order chi connectivity index (χ0) is 12.0. The Labute approximate surface area is 99.0 Å². The molecule has 1 unspecified atom stereocenters. The molecule has 0 aliphatic carbocycles. The van der Waals surface area contributed by atoms with E-state index < -0.39 is 0 Å². The number of methoxy groups -OCH3 is 1. The first-order chi connectivity index (χ1) is 7.67. The largest absolute Gasteiger partial charge is 0.497 e. The Balaban J connectivity index is 2.63. The quantitative estimate of drug-likeness (QED) is 0.795. The van der Waals surface area contributed by atoms with Crippen molar-refractivity contribution >= 4 is 0 Å². The van der Waals surface area contributed by atoms with Crippen molar-refractivity contribution in [1.82, 2.24) is 5.32 Å². The lowest BCUT2D eigenvalue weighted by Crippen LogP contribution is -2.16. The Bertz CT molecular complexity index is 292. The smallest absolute Gasteiger partial charge is 0.118 e. The van der Waals surface area contributed by atoms with Gasteiger partial charge in [-0.2, -0.15) is 0 Å². The maximum absolute atomic E-state index is 5.16. The zero-order valence-corrected chi connectivity index (χ0v) is 10.8. The molecule has 0 saturated heterocycles. The van der Waals surface area contributed by atoms with Crippen LogP contribution in [-0.2, 0) is 0 Å². The summed E-state index contributed by atoms with van der Waals surface area (Å²) in [7, 11) is 3.72. The topological polar surface area (TPSA) is 21.3 Å². The van der Waals surface area contributed by atoms with Crippen LogP contribution in [0.25, 0.3) is 0 Å². The molecule has 0 fully saturated rings. The first kappa shape index (κ1) is 13.0. The fourth-order valence-corrected chi connectivity index (χ4v) is 1.81. The molecule has 0 aliphatic rings. The van der Waals surface area contributed by atoms with Crippen LogP contribution in [0.5, 0.6) is 5.75 Å². The van der Waals surface area contributed by atoms with Gasteiger partial charge in [0.2, 0.25) is 0 Å². The summed E-state index contributed by atoms with van der Waals surface area (Å²) in [6.45, 7) is 4.53. The summed E-state index contributed by atoms with van der Waals surface area (Å²) >= 11 is 0. The van der Waals surface area contributed by atoms with Crippen LogP contribution in [0, 0.1) is 5.92 Å². The van der Waals surface area contributed by atoms with E-state index in [0.717, 1.165) is 11.7 Å². The monoisotopic (exact) mass is 221 g/mol. The maximum Gasteiger partial charge on any atom is 0.118 e. The molecule has 0 aromatic heterocycles. The summed E-state index contributed by atoms with van der Waals surface area (Å²) < 4.78 is 5.16. The first-order valence-corrected chi connectivity index (χ1v) is 5.98. The van der Waals surface area contributed by atoms with Crippen LogP contribution in [0.4, 0.5) is 0 Å². The molecule has 1 aromatic carbocycles. The lowest BCUT2D eigenvalue weighted by atomic mass is 9.98. The van der Waals surface area contributed by atoms with Crippen LogP contribution in [-0.4, -0.2) is 14.2 Å². The lowest BCUT2D eigenvalue weighted by Gasteiger charge is -2.18. The standard InChI is InChI=1S/C14H23NO/c1-11(2)5-10-14(15-3)12-6-8-13(16-4)9-7-12/h6-9,11,14-15H,5,10H2,1-4H3. The third-order valence-corrected chi connectivity index (χ3v) is 2.90. The molecule has 0 amide bonds. The highest BCUT2D eigenvalue weighted by atomic mass is 16.5. The lowest BCUT2D eigenvalue weighted by molar-refractivity contribution is 0.413. The van der Waals surface area contributed by atoms with Crippen molar-refractivity contribution in [3.63, 3.8) is 0 Å². The molecular formula is C14H23NO. The molecule has 1 atom stereocenters. The van der Waals surface area contributed by atoms with Gasteiger partial charge < -0.3 is 10.1 Å². The number of rotatable bonds is 6. The molecular weight excluding hydrogens is 198 g/mol. The van der Waals surface area contributed by atoms with E-state index in [0.29, 0.717) is 6.04 Å². The number of benzene rings is 1. The molecule has 0 bridgehead atoms. The second-order valence-electron chi connectivity index (χ2n) is 4.59. The van der Waals surface area contributed by atoms with Crippen molar-refractivity contribution in [3.05, 3.63) is 29.8 Å². The predicted octanol–water partition coefficient (Wildman–Crippen LogP) is 3.39. The van der Waals surface area contributed by atoms with E-state index in [-0.39, 0.29) is 0 Å². The molecule has 0 spiro atoms. The van der Waals surface area contributed by atoms with Gasteiger partial charge in [0.15, 0.2) is 0 Å². The average molecular weight is 221 g/mol. The summed E-state index contributed by atoms with van der Waals surface area (Å²) in [5.74, 6) is 1.68. The Morgan fingerprint density at radius 2 is 1.75 bits per heavy atom. The van der Waals surface area contributed by atoms with E-state index in [9.17, 15) is 0 Å². The molecule has 0 radical (unpaired) electrons. The Kier molecular flexibility index (Phi) is 5.33. The number of ether oxygens (including phenoxy) is 1. The van der Waals surface area contributed by atoms with Crippen LogP contribution in [0.3, 0.4) is 0 Å². The zero-order valence-electron chi connectivity index (χ0n) is 10.8. The van der Waals surface area contributed by atoms with E-state index in [4.69, 9.17) is 4.74 Å². The molecule has 0 saturated carbocycles. The van der Waals surface area contributed by atoms with Gasteiger partial charge in [-0.3, -0.25) is 0 Å². The molecule has 90 valence electrons. The van der Waals surface area contributed by atoms with Gasteiger partial charge in [-0.25, -0.2) is 0 Å². The summed E-state index contributed by atoms with van der Waals surface area (Å²) in [6, 6.07) is 8.78. The minimum atomic E-state index is 0.452. The molecule has 0 aliphatic heterocycles. The fourth-order valence-electron chi connectivity index (χ4n) is 1.81. The Morgan fingerprint density at radius 3 is 2.19 bits per heavy atom. The minimum Gasteiger partial charge on any atom is -0.497 e. The summed E-state index contributed by atoms with van der Waals surface area (Å²) in [5.41, 5.74) is 1.34. The highest BCUT2D eigenvalue weighted by Gasteiger charge is 2.09. The van der Waals surface area contributed by atoms with Gasteiger partial charge in [0.05, 0.1) is 7.11 Å². The molecule has 16 heavy (non-hydrogen) atoms. The second-order valence-corrected chi connectivity index (χ2v) is 4.59. The summed E-state index contributed by atoms with van der Waals surface area (Å²) in [5, 5.41) is 3.37. The van der Waals surface area contributed by atoms with Crippen molar-refractivity contribution in [3.8, 4) is 5.75 Å². The summed E-state index contributed by atoms with van der Waals surface area (Å²) in [6.07, 6.45) is 2.43. The molecule has 0 heterocycles. The van der Waals surface area contributed by atoms with Gasteiger partial charge in [0.25, 0.3) is 0 Å². The van der Waals surface area contributed by atoms with E-state index in [2.05, 4.69) is 31.3 Å². The Hall–Kier alpha value is -1.02. The van der Waals surface area contributed by atoms with Gasteiger partial charge in [0, 0.05) is 6.04 Å². The van der Waals surface area contributed by atoms with Gasteiger partial charge in [-0.05, 0) is 43.5 Å². The third-order valence-electron chi connectivity index (χ3n) is 2.90. The van der Waals surface area contributed by atoms with Crippen molar-refractivity contribution in [2.45, 2.75) is 32.7 Å². The molecule has 1 aromatic rings. The van der Waals surface area contributed by atoms with Gasteiger partial charge >= 0.3 is 0 Å². The van der Waals surface area contributed by atoms with Crippen LogP contribution in [0.1, 0.15) is 38.3 Å². The minimum absolute atomic E-state index is 0.452. The van der Waals surface area contributed by atoms with E-state index in [1.807, 2.05) is 19.2 Å². The van der Waals surface area contributed by atoms with Crippen molar-refractivity contribution in [1.29, 1.82) is 0 Å². The third kappa shape index (κ3) is 3.86. The molecule has 2 heteroatoms. The van der Waals surface area contributed by atoms with Gasteiger partial charge in [0.1, 0.15) is 5.75 Å². The second kappa shape index (κ2) is 6.54. The van der Waals surface area contributed by atoms with Crippen LogP contribution in [0.2, 0.25) is 0 Å². The van der Waals surface area contributed by atoms with Crippen LogP contribution < -0.4 is 10.1 Å². The van der Waals surface area contributed by atoms with E-state index >= 15 is 0 Å². The van der Waals surface area contributed by atoms with E-state index in [1.165, 1.54) is 18.4 Å². The van der Waals surface area contributed by atoms with Gasteiger partial charge in [-0.15, -0.1) is 0 Å². The number of hydrogen-bond donors (Lipinski definition) is 1.